The van der Waals surface area contributed by atoms with Crippen molar-refractivity contribution in [3.8, 4) is 0 Å². The fourth-order valence-electron chi connectivity index (χ4n) is 2.87. The Morgan fingerprint density at radius 1 is 1.30 bits per heavy atom. The maximum Gasteiger partial charge on any atom is 0.265 e. The van der Waals surface area contributed by atoms with Crippen LogP contribution in [0, 0.1) is 0 Å². The molecule has 0 saturated carbocycles. The lowest BCUT2D eigenvalue weighted by atomic mass is 9.84. The summed E-state index contributed by atoms with van der Waals surface area (Å²) in [6.45, 7) is 2.10. The van der Waals surface area contributed by atoms with Crippen LogP contribution in [0.15, 0.2) is 28.8 Å². The number of anilines is 1. The summed E-state index contributed by atoms with van der Waals surface area (Å²) in [6, 6.07) is 7.51. The summed E-state index contributed by atoms with van der Waals surface area (Å²) in [6.07, 6.45) is 1.26. The third-order valence-corrected chi connectivity index (χ3v) is 4.60. The second-order valence-corrected chi connectivity index (χ2v) is 6.58. The molecule has 1 aromatic carbocycles. The van der Waals surface area contributed by atoms with E-state index in [4.69, 9.17) is 16.1 Å². The molecule has 0 amide bonds. The normalized spacial score (nSPS) is 18.1. The third-order valence-electron chi connectivity index (χ3n) is 4.27. The molecule has 1 aliphatic rings. The Hall–Kier alpha value is -1.63. The lowest BCUT2D eigenvalue weighted by Crippen LogP contribution is -2.42. The summed E-state index contributed by atoms with van der Waals surface area (Å²) in [7, 11) is 3.75. The van der Waals surface area contributed by atoms with E-state index in [0.29, 0.717) is 36.2 Å². The molecule has 2 heterocycles. The summed E-state index contributed by atoms with van der Waals surface area (Å²) >= 11 is 6.23. The van der Waals surface area contributed by atoms with Gasteiger partial charge in [-0.3, -0.25) is 4.90 Å². The average molecular weight is 337 g/mol. The quantitative estimate of drug-likeness (QED) is 0.924. The number of aromatic nitrogens is 2. The zero-order valence-electron chi connectivity index (χ0n) is 13.4. The number of benzene rings is 1. The lowest BCUT2D eigenvalue weighted by Gasteiger charge is -2.38. The highest BCUT2D eigenvalue weighted by molar-refractivity contribution is 6.31. The number of aliphatic hydroxyl groups is 1. The second kappa shape index (κ2) is 6.47. The molecule has 23 heavy (non-hydrogen) atoms. The zero-order valence-corrected chi connectivity index (χ0v) is 14.1. The molecular weight excluding hydrogens is 316 g/mol. The van der Waals surface area contributed by atoms with E-state index in [0.717, 1.165) is 18.7 Å². The fraction of sp³-hybridized carbons (Fsp3) is 0.500. The zero-order chi connectivity index (χ0) is 16.4. The predicted octanol–water partition coefficient (Wildman–Crippen LogP) is 2.27. The SMILES string of the molecule is CN(C)c1noc(CN2CCC(O)(c3ccccc3Cl)CC2)n1. The van der Waals surface area contributed by atoms with E-state index in [1.165, 1.54) is 0 Å². The number of hydrogen-bond acceptors (Lipinski definition) is 6. The molecule has 1 aliphatic heterocycles. The van der Waals surface area contributed by atoms with Crippen molar-refractivity contribution < 1.29 is 9.63 Å². The van der Waals surface area contributed by atoms with Crippen molar-refractivity contribution in [1.82, 2.24) is 15.0 Å². The summed E-state index contributed by atoms with van der Waals surface area (Å²) in [4.78, 5) is 8.35. The van der Waals surface area contributed by atoms with Gasteiger partial charge >= 0.3 is 0 Å². The second-order valence-electron chi connectivity index (χ2n) is 6.17. The summed E-state index contributed by atoms with van der Waals surface area (Å²) in [5.74, 6) is 1.17. The first-order valence-corrected chi connectivity index (χ1v) is 8.05. The van der Waals surface area contributed by atoms with Crippen LogP contribution in [0.25, 0.3) is 0 Å². The van der Waals surface area contributed by atoms with Crippen LogP contribution in [0.4, 0.5) is 5.95 Å². The van der Waals surface area contributed by atoms with Crippen LogP contribution in [0.1, 0.15) is 24.3 Å². The first-order chi connectivity index (χ1) is 11.0. The molecule has 3 rings (SSSR count). The van der Waals surface area contributed by atoms with Gasteiger partial charge in [-0.05, 0) is 24.1 Å². The minimum atomic E-state index is -0.863. The van der Waals surface area contributed by atoms with Crippen molar-refractivity contribution in [3.63, 3.8) is 0 Å². The molecule has 0 unspecified atom stereocenters. The standard InChI is InChI=1S/C16H21ClN4O2/c1-20(2)15-18-14(23-19-15)11-21-9-7-16(22,8-10-21)12-5-3-4-6-13(12)17/h3-6,22H,7-11H2,1-2H3. The van der Waals surface area contributed by atoms with Gasteiger partial charge in [-0.2, -0.15) is 4.98 Å². The number of likely N-dealkylation sites (tertiary alicyclic amines) is 1. The van der Waals surface area contributed by atoms with Crippen LogP contribution < -0.4 is 4.90 Å². The topological polar surface area (TPSA) is 65.6 Å². The highest BCUT2D eigenvalue weighted by Gasteiger charge is 2.35. The molecule has 124 valence electrons. The first-order valence-electron chi connectivity index (χ1n) is 7.67. The molecule has 0 spiro atoms. The van der Waals surface area contributed by atoms with Gasteiger partial charge in [0.25, 0.3) is 5.95 Å². The van der Waals surface area contributed by atoms with E-state index in [9.17, 15) is 5.11 Å². The van der Waals surface area contributed by atoms with Crippen molar-refractivity contribution in [2.45, 2.75) is 25.0 Å². The minimum absolute atomic E-state index is 0.574. The molecule has 1 saturated heterocycles. The summed E-state index contributed by atoms with van der Waals surface area (Å²) in [5.41, 5.74) is -0.0487. The van der Waals surface area contributed by atoms with Gasteiger partial charge in [0.05, 0.1) is 12.1 Å². The molecule has 0 aliphatic carbocycles. The molecule has 1 N–H and O–H groups in total. The van der Waals surface area contributed by atoms with Crippen LogP contribution in [0.2, 0.25) is 5.02 Å². The van der Waals surface area contributed by atoms with Gasteiger partial charge in [0.2, 0.25) is 5.89 Å². The van der Waals surface area contributed by atoms with Gasteiger partial charge in [0, 0.05) is 37.8 Å². The Morgan fingerprint density at radius 2 is 2.00 bits per heavy atom. The van der Waals surface area contributed by atoms with Gasteiger partial charge < -0.3 is 14.5 Å². The number of halogens is 1. The monoisotopic (exact) mass is 336 g/mol. The van der Waals surface area contributed by atoms with Crippen LogP contribution in [-0.2, 0) is 12.1 Å². The molecule has 7 heteroatoms. The highest BCUT2D eigenvalue weighted by atomic mass is 35.5. The van der Waals surface area contributed by atoms with Crippen molar-refractivity contribution in [3.05, 3.63) is 40.7 Å². The van der Waals surface area contributed by atoms with Gasteiger partial charge in [-0.1, -0.05) is 29.8 Å². The Kier molecular flexibility index (Phi) is 4.57. The largest absolute Gasteiger partial charge is 0.385 e. The van der Waals surface area contributed by atoms with E-state index < -0.39 is 5.60 Å². The van der Waals surface area contributed by atoms with Gasteiger partial charge in [-0.15, -0.1) is 0 Å². The van der Waals surface area contributed by atoms with E-state index in [1.807, 2.05) is 38.4 Å². The molecule has 1 aromatic heterocycles. The molecular formula is C16H21ClN4O2. The van der Waals surface area contributed by atoms with Crippen LogP contribution in [0.3, 0.4) is 0 Å². The Labute approximate surface area is 140 Å². The van der Waals surface area contributed by atoms with Gasteiger partial charge in [0.1, 0.15) is 0 Å². The summed E-state index contributed by atoms with van der Waals surface area (Å²) in [5, 5.41) is 15.5. The van der Waals surface area contributed by atoms with E-state index in [1.54, 1.807) is 4.90 Å². The van der Waals surface area contributed by atoms with Crippen molar-refractivity contribution in [2.75, 3.05) is 32.1 Å². The lowest BCUT2D eigenvalue weighted by molar-refractivity contribution is -0.0294. The number of rotatable bonds is 4. The van der Waals surface area contributed by atoms with Crippen LogP contribution in [-0.4, -0.2) is 47.3 Å². The summed E-state index contributed by atoms with van der Waals surface area (Å²) < 4.78 is 5.26. The smallest absolute Gasteiger partial charge is 0.265 e. The maximum atomic E-state index is 10.9. The number of hydrogen-bond donors (Lipinski definition) is 1. The van der Waals surface area contributed by atoms with E-state index in [2.05, 4.69) is 15.0 Å². The number of nitrogens with zero attached hydrogens (tertiary/aromatic N) is 4. The maximum absolute atomic E-state index is 10.9. The van der Waals surface area contributed by atoms with Crippen LogP contribution in [0.5, 0.6) is 0 Å². The van der Waals surface area contributed by atoms with Crippen molar-refractivity contribution in [2.24, 2.45) is 0 Å². The molecule has 0 atom stereocenters. The van der Waals surface area contributed by atoms with Gasteiger partial charge in [-0.25, -0.2) is 0 Å². The third kappa shape index (κ3) is 3.49. The highest BCUT2D eigenvalue weighted by Crippen LogP contribution is 2.36. The predicted molar refractivity (Wildman–Crippen MR) is 88.5 cm³/mol. The Balaban J connectivity index is 1.63. The minimum Gasteiger partial charge on any atom is -0.385 e. The number of piperidine rings is 1. The van der Waals surface area contributed by atoms with Crippen molar-refractivity contribution in [1.29, 1.82) is 0 Å². The van der Waals surface area contributed by atoms with E-state index >= 15 is 0 Å². The molecule has 6 nitrogen and oxygen atoms in total. The van der Waals surface area contributed by atoms with Gasteiger partial charge in [0.15, 0.2) is 0 Å². The van der Waals surface area contributed by atoms with Crippen LogP contribution >= 0.6 is 11.6 Å². The average Bonchev–Trinajstić information content (AvgIpc) is 2.99. The molecule has 1 fully saturated rings. The molecule has 0 radical (unpaired) electrons. The van der Waals surface area contributed by atoms with E-state index in [-0.39, 0.29) is 0 Å². The molecule has 2 aromatic rings. The fourth-order valence-corrected chi connectivity index (χ4v) is 3.18. The first kappa shape index (κ1) is 16.2. The Morgan fingerprint density at radius 3 is 2.61 bits per heavy atom. The van der Waals surface area contributed by atoms with Crippen molar-refractivity contribution >= 4 is 17.5 Å². The molecule has 0 bridgehead atoms. The Bertz CT molecular complexity index is 666.